The van der Waals surface area contributed by atoms with Gasteiger partial charge in [0.1, 0.15) is 11.3 Å². The molecule has 1 aromatic heterocycles. The van der Waals surface area contributed by atoms with E-state index in [1.165, 1.54) is 31.3 Å². The summed E-state index contributed by atoms with van der Waals surface area (Å²) in [5, 5.41) is 4.78. The summed E-state index contributed by atoms with van der Waals surface area (Å²) in [5.41, 5.74) is 0.980. The van der Waals surface area contributed by atoms with Crippen molar-refractivity contribution in [3.8, 4) is 0 Å². The van der Waals surface area contributed by atoms with Crippen molar-refractivity contribution in [3.63, 3.8) is 0 Å². The minimum atomic E-state index is 0.680. The van der Waals surface area contributed by atoms with Crippen LogP contribution in [0, 0.1) is 11.8 Å². The van der Waals surface area contributed by atoms with Crippen molar-refractivity contribution in [1.82, 2.24) is 10.2 Å². The molecule has 1 N–H and O–H groups in total. The molecule has 4 heterocycles. The Morgan fingerprint density at radius 2 is 2.27 bits per heavy atom. The van der Waals surface area contributed by atoms with E-state index < -0.39 is 0 Å². The Labute approximate surface area is 132 Å². The highest BCUT2D eigenvalue weighted by Crippen LogP contribution is 2.36. The number of furan rings is 1. The van der Waals surface area contributed by atoms with Crippen LogP contribution in [0.2, 0.25) is 0 Å². The average Bonchev–Trinajstić information content (AvgIpc) is 2.98. The monoisotopic (exact) mass is 296 g/mol. The van der Waals surface area contributed by atoms with Crippen LogP contribution in [0.25, 0.3) is 11.0 Å². The lowest BCUT2D eigenvalue weighted by atomic mass is 9.75. The molecule has 22 heavy (non-hydrogen) atoms. The van der Waals surface area contributed by atoms with E-state index >= 15 is 0 Å². The molecule has 3 aliphatic rings. The van der Waals surface area contributed by atoms with Gasteiger partial charge in [-0.2, -0.15) is 0 Å². The Hall–Kier alpha value is -1.58. The lowest BCUT2D eigenvalue weighted by Gasteiger charge is -2.49. The molecule has 5 rings (SSSR count). The molecule has 3 fully saturated rings. The van der Waals surface area contributed by atoms with Crippen LogP contribution in [0.1, 0.15) is 18.6 Å². The topological polar surface area (TPSA) is 28.4 Å². The molecule has 0 aliphatic carbocycles. The zero-order valence-electron chi connectivity index (χ0n) is 13.0. The van der Waals surface area contributed by atoms with Crippen molar-refractivity contribution in [2.45, 2.75) is 25.4 Å². The lowest BCUT2D eigenvalue weighted by molar-refractivity contribution is 0.0193. The van der Waals surface area contributed by atoms with E-state index in [9.17, 15) is 0 Å². The van der Waals surface area contributed by atoms with Crippen LogP contribution >= 0.6 is 0 Å². The van der Waals surface area contributed by atoms with Crippen LogP contribution in [0.4, 0.5) is 0 Å². The predicted molar refractivity (Wildman–Crippen MR) is 89.7 cm³/mol. The first-order valence-corrected chi connectivity index (χ1v) is 8.38. The third kappa shape index (κ3) is 2.59. The molecule has 0 spiro atoms. The highest BCUT2D eigenvalue weighted by atomic mass is 16.3. The van der Waals surface area contributed by atoms with Gasteiger partial charge in [-0.25, -0.2) is 0 Å². The van der Waals surface area contributed by atoms with Crippen LogP contribution in [0.15, 0.2) is 47.4 Å². The zero-order chi connectivity index (χ0) is 14.9. The molecule has 1 unspecified atom stereocenters. The lowest BCUT2D eigenvalue weighted by Crippen LogP contribution is -2.55. The van der Waals surface area contributed by atoms with Gasteiger partial charge in [-0.1, -0.05) is 24.3 Å². The standard InChI is InChI=1S/C19H24N2O/c1-2-14-13-21-8-7-15(14)9-17(21)11-20-12-18-10-16-5-3-4-6-19(16)22-18/h2-6,10,14-15,17,20H,1,7-9,11-13H2/t14-,15-,17+/m0/s1. The summed E-state index contributed by atoms with van der Waals surface area (Å²) in [7, 11) is 0. The molecule has 3 saturated heterocycles. The number of hydrogen-bond donors (Lipinski definition) is 1. The van der Waals surface area contributed by atoms with E-state index in [4.69, 9.17) is 4.42 Å². The first kappa shape index (κ1) is 14.0. The minimum absolute atomic E-state index is 0.680. The van der Waals surface area contributed by atoms with Crippen molar-refractivity contribution >= 4 is 11.0 Å². The van der Waals surface area contributed by atoms with E-state index in [0.717, 1.165) is 30.4 Å². The van der Waals surface area contributed by atoms with Gasteiger partial charge in [0, 0.05) is 24.5 Å². The number of nitrogens with one attached hydrogen (secondary N) is 1. The predicted octanol–water partition coefficient (Wildman–Crippen LogP) is 3.42. The van der Waals surface area contributed by atoms with E-state index in [1.807, 2.05) is 12.1 Å². The maximum atomic E-state index is 5.86. The van der Waals surface area contributed by atoms with Crippen LogP contribution in [-0.4, -0.2) is 30.6 Å². The number of nitrogens with zero attached hydrogens (tertiary/aromatic N) is 1. The van der Waals surface area contributed by atoms with Crippen molar-refractivity contribution in [3.05, 3.63) is 48.7 Å². The molecule has 2 bridgehead atoms. The number of para-hydroxylation sites is 1. The molecular weight excluding hydrogens is 272 g/mol. The van der Waals surface area contributed by atoms with Crippen LogP contribution in [0.3, 0.4) is 0 Å². The van der Waals surface area contributed by atoms with Gasteiger partial charge in [-0.3, -0.25) is 4.90 Å². The fourth-order valence-electron chi connectivity index (χ4n) is 4.15. The molecule has 0 amide bonds. The van der Waals surface area contributed by atoms with E-state index in [2.05, 4.69) is 41.1 Å². The summed E-state index contributed by atoms with van der Waals surface area (Å²) in [6, 6.07) is 11.0. The largest absolute Gasteiger partial charge is 0.460 e. The first-order chi connectivity index (χ1) is 10.8. The molecule has 3 aliphatic heterocycles. The van der Waals surface area contributed by atoms with Gasteiger partial charge in [0.15, 0.2) is 0 Å². The van der Waals surface area contributed by atoms with Gasteiger partial charge in [0.05, 0.1) is 6.54 Å². The normalized spacial score (nSPS) is 30.7. The number of hydrogen-bond acceptors (Lipinski definition) is 3. The summed E-state index contributed by atoms with van der Waals surface area (Å²) in [6.07, 6.45) is 4.81. The minimum Gasteiger partial charge on any atom is -0.460 e. The Bertz CT molecular complexity index is 629. The smallest absolute Gasteiger partial charge is 0.134 e. The SMILES string of the molecule is C=C[C@H]1CN2CC[C@H]1C[C@@H]2CNCc1cc2ccccc2o1. The molecule has 3 heteroatoms. The molecule has 0 saturated carbocycles. The van der Waals surface area contributed by atoms with E-state index in [1.54, 1.807) is 0 Å². The maximum absolute atomic E-state index is 5.86. The summed E-state index contributed by atoms with van der Waals surface area (Å²) in [6.45, 7) is 8.32. The zero-order valence-corrected chi connectivity index (χ0v) is 13.0. The number of piperidine rings is 3. The van der Waals surface area contributed by atoms with Crippen molar-refractivity contribution < 1.29 is 4.42 Å². The van der Waals surface area contributed by atoms with Crippen LogP contribution in [0.5, 0.6) is 0 Å². The van der Waals surface area contributed by atoms with E-state index in [-0.39, 0.29) is 0 Å². The second-order valence-corrected chi connectivity index (χ2v) is 6.71. The fraction of sp³-hybridized carbons (Fsp3) is 0.474. The summed E-state index contributed by atoms with van der Waals surface area (Å²) in [5.74, 6) is 2.59. The molecule has 4 atom stereocenters. The Kier molecular flexibility index (Phi) is 3.77. The van der Waals surface area contributed by atoms with Crippen LogP contribution < -0.4 is 5.32 Å². The molecule has 1 aromatic carbocycles. The Morgan fingerprint density at radius 1 is 1.36 bits per heavy atom. The maximum Gasteiger partial charge on any atom is 0.134 e. The van der Waals surface area contributed by atoms with Gasteiger partial charge >= 0.3 is 0 Å². The van der Waals surface area contributed by atoms with Gasteiger partial charge in [-0.05, 0) is 43.4 Å². The van der Waals surface area contributed by atoms with Gasteiger partial charge < -0.3 is 9.73 Å². The summed E-state index contributed by atoms with van der Waals surface area (Å²) in [4.78, 5) is 2.64. The van der Waals surface area contributed by atoms with Crippen molar-refractivity contribution in [1.29, 1.82) is 0 Å². The van der Waals surface area contributed by atoms with Gasteiger partial charge in [0.25, 0.3) is 0 Å². The second-order valence-electron chi connectivity index (χ2n) is 6.71. The number of rotatable bonds is 5. The van der Waals surface area contributed by atoms with Crippen LogP contribution in [-0.2, 0) is 6.54 Å². The summed E-state index contributed by atoms with van der Waals surface area (Å²) < 4.78 is 5.86. The third-order valence-electron chi connectivity index (χ3n) is 5.39. The average molecular weight is 296 g/mol. The number of fused-ring (bicyclic) bond motifs is 4. The Morgan fingerprint density at radius 3 is 3.05 bits per heavy atom. The Balaban J connectivity index is 1.33. The third-order valence-corrected chi connectivity index (χ3v) is 5.39. The molecule has 3 nitrogen and oxygen atoms in total. The fourth-order valence-corrected chi connectivity index (χ4v) is 4.15. The highest BCUT2D eigenvalue weighted by molar-refractivity contribution is 5.77. The number of benzene rings is 1. The van der Waals surface area contributed by atoms with Gasteiger partial charge in [0.2, 0.25) is 0 Å². The quantitative estimate of drug-likeness (QED) is 0.857. The van der Waals surface area contributed by atoms with Crippen molar-refractivity contribution in [2.75, 3.05) is 19.6 Å². The van der Waals surface area contributed by atoms with Crippen molar-refractivity contribution in [2.24, 2.45) is 11.8 Å². The highest BCUT2D eigenvalue weighted by Gasteiger charge is 2.38. The summed E-state index contributed by atoms with van der Waals surface area (Å²) >= 11 is 0. The molecule has 0 radical (unpaired) electrons. The second kappa shape index (κ2) is 5.90. The molecule has 2 aromatic rings. The first-order valence-electron chi connectivity index (χ1n) is 8.38. The van der Waals surface area contributed by atoms with Gasteiger partial charge in [-0.15, -0.1) is 6.58 Å². The molecule has 116 valence electrons. The van der Waals surface area contributed by atoms with E-state index in [0.29, 0.717) is 12.0 Å². The molecular formula is C19H24N2O.